The summed E-state index contributed by atoms with van der Waals surface area (Å²) in [4.78, 5) is 2.40. The fraction of sp³-hybridized carbons (Fsp3) is 0.217. The van der Waals surface area contributed by atoms with Crippen LogP contribution >= 0.6 is 11.3 Å². The van der Waals surface area contributed by atoms with Crippen LogP contribution in [0.5, 0.6) is 0 Å². The van der Waals surface area contributed by atoms with E-state index in [0.717, 1.165) is 29.6 Å². The van der Waals surface area contributed by atoms with Crippen molar-refractivity contribution in [2.24, 2.45) is 23.7 Å². The van der Waals surface area contributed by atoms with Gasteiger partial charge in [0.05, 0.1) is 0 Å². The Bertz CT molecular complexity index is 2460. The monoisotopic (exact) mass is 633 g/mol. The first kappa shape index (κ1) is 26.3. The van der Waals surface area contributed by atoms with Crippen LogP contribution in [0.25, 0.3) is 42.4 Å². The van der Waals surface area contributed by atoms with Crippen molar-refractivity contribution in [2.45, 2.75) is 37.0 Å². The van der Waals surface area contributed by atoms with Gasteiger partial charge in [-0.2, -0.15) is 0 Å². The summed E-state index contributed by atoms with van der Waals surface area (Å²) in [5.74, 6) is 4.37. The lowest BCUT2D eigenvalue weighted by Crippen LogP contribution is -2.54. The molecule has 6 atom stereocenters. The third kappa shape index (κ3) is 3.23. The lowest BCUT2D eigenvalue weighted by molar-refractivity contribution is -0.0431. The van der Waals surface area contributed by atoms with Crippen LogP contribution < -0.4 is 4.90 Å². The van der Waals surface area contributed by atoms with E-state index in [0.29, 0.717) is 0 Å². The lowest BCUT2D eigenvalue weighted by Gasteiger charge is -2.60. The van der Waals surface area contributed by atoms with E-state index in [9.17, 15) is 0 Å². The largest absolute Gasteiger partial charge is 0.310 e. The van der Waals surface area contributed by atoms with Crippen LogP contribution in [0.1, 0.15) is 48.3 Å². The molecule has 0 amide bonds. The molecule has 0 N–H and O–H groups in total. The molecule has 0 radical (unpaired) electrons. The van der Waals surface area contributed by atoms with E-state index in [1.807, 2.05) is 11.3 Å². The first-order valence-electron chi connectivity index (χ1n) is 17.9. The second-order valence-corrected chi connectivity index (χ2v) is 16.4. The topological polar surface area (TPSA) is 3.24 Å². The Hall–Kier alpha value is -4.66. The number of hydrogen-bond donors (Lipinski definition) is 0. The number of fused-ring (bicyclic) bond motifs is 5. The molecule has 6 unspecified atom stereocenters. The number of anilines is 3. The van der Waals surface area contributed by atoms with Crippen LogP contribution in [0.2, 0.25) is 0 Å². The predicted octanol–water partition coefficient (Wildman–Crippen LogP) is 12.6. The van der Waals surface area contributed by atoms with Gasteiger partial charge in [0.25, 0.3) is 0 Å². The van der Waals surface area contributed by atoms with Crippen LogP contribution in [0.3, 0.4) is 0 Å². The summed E-state index contributed by atoms with van der Waals surface area (Å²) in [6, 6.07) is 50.6. The molecule has 48 heavy (non-hydrogen) atoms. The lowest BCUT2D eigenvalue weighted by atomic mass is 9.43. The Kier molecular flexibility index (Phi) is 5.08. The highest BCUT2D eigenvalue weighted by molar-refractivity contribution is 7.25. The fourth-order valence-corrected chi connectivity index (χ4v) is 13.0. The average molecular weight is 634 g/mol. The smallest absolute Gasteiger partial charge is 0.0476 e. The Morgan fingerprint density at radius 3 is 2.27 bits per heavy atom. The molecule has 6 aromatic carbocycles. The van der Waals surface area contributed by atoms with Gasteiger partial charge < -0.3 is 4.90 Å². The minimum atomic E-state index is 0.285. The number of thiophene rings is 1. The van der Waals surface area contributed by atoms with Gasteiger partial charge in [-0.3, -0.25) is 0 Å². The maximum atomic E-state index is 2.56. The van der Waals surface area contributed by atoms with E-state index in [1.54, 1.807) is 22.3 Å². The quantitative estimate of drug-likeness (QED) is 0.186. The van der Waals surface area contributed by atoms with E-state index < -0.39 is 0 Å². The van der Waals surface area contributed by atoms with Crippen molar-refractivity contribution in [1.29, 1.82) is 0 Å². The molecule has 230 valence electrons. The zero-order chi connectivity index (χ0) is 31.1. The summed E-state index contributed by atoms with van der Waals surface area (Å²) in [5.41, 5.74) is 14.6. The zero-order valence-corrected chi connectivity index (χ0v) is 27.6. The predicted molar refractivity (Wildman–Crippen MR) is 201 cm³/mol. The highest BCUT2D eigenvalue weighted by Gasteiger charge is 2.69. The van der Waals surface area contributed by atoms with Crippen molar-refractivity contribution in [2.75, 3.05) is 4.90 Å². The number of rotatable bonds is 4. The van der Waals surface area contributed by atoms with Gasteiger partial charge in [-0.1, -0.05) is 84.9 Å². The van der Waals surface area contributed by atoms with Crippen molar-refractivity contribution in [3.63, 3.8) is 0 Å². The minimum Gasteiger partial charge on any atom is -0.310 e. The first-order valence-corrected chi connectivity index (χ1v) is 18.7. The average Bonchev–Trinajstić information content (AvgIpc) is 3.74. The number of hydrogen-bond acceptors (Lipinski definition) is 2. The molecule has 6 bridgehead atoms. The van der Waals surface area contributed by atoms with Crippen LogP contribution in [-0.4, -0.2) is 0 Å². The van der Waals surface area contributed by atoms with Crippen molar-refractivity contribution >= 4 is 48.6 Å². The van der Waals surface area contributed by atoms with Crippen LogP contribution in [0, 0.1) is 23.7 Å². The molecule has 2 heteroatoms. The normalized spacial score (nSPS) is 26.7. The molecule has 0 saturated heterocycles. The molecule has 6 aliphatic carbocycles. The van der Waals surface area contributed by atoms with Gasteiger partial charge in [-0.15, -0.1) is 11.3 Å². The van der Waals surface area contributed by atoms with Gasteiger partial charge in [0.1, 0.15) is 0 Å². The Balaban J connectivity index is 0.954. The molecule has 1 heterocycles. The van der Waals surface area contributed by atoms with Gasteiger partial charge in [0.15, 0.2) is 0 Å². The third-order valence-electron chi connectivity index (χ3n) is 13.3. The maximum absolute atomic E-state index is 2.56. The van der Waals surface area contributed by atoms with Crippen molar-refractivity contribution in [3.05, 3.63) is 150 Å². The molecule has 4 saturated carbocycles. The molecular formula is C46H35NS. The molecule has 7 aromatic rings. The van der Waals surface area contributed by atoms with Crippen LogP contribution in [0.15, 0.2) is 133 Å². The van der Waals surface area contributed by atoms with Crippen molar-refractivity contribution in [1.82, 2.24) is 0 Å². The molecule has 1 spiro atoms. The summed E-state index contributed by atoms with van der Waals surface area (Å²) in [6.07, 6.45) is 5.83. The SMILES string of the molecule is c1ccc(N(c2ccc(-c3ccc4c(c3)-c3cccc5c3C43C4CC6CC(C4)C5C3C6)cc2)c2ccc3c(c2)sc2ccccc23)cc1. The first-order chi connectivity index (χ1) is 23.8. The van der Waals surface area contributed by atoms with Crippen LogP contribution in [-0.2, 0) is 5.41 Å². The second kappa shape index (κ2) is 9.27. The second-order valence-electron chi connectivity index (χ2n) is 15.3. The highest BCUT2D eigenvalue weighted by Crippen LogP contribution is 2.77. The number of para-hydroxylation sites is 1. The Morgan fingerprint density at radius 2 is 1.35 bits per heavy atom. The molecular weight excluding hydrogens is 599 g/mol. The molecule has 1 aromatic heterocycles. The van der Waals surface area contributed by atoms with E-state index in [1.165, 1.54) is 79.6 Å². The molecule has 0 aliphatic heterocycles. The Labute approximate surface area is 285 Å². The summed E-state index contributed by atoms with van der Waals surface area (Å²) < 4.78 is 2.66. The van der Waals surface area contributed by atoms with Gasteiger partial charge in [0, 0.05) is 42.6 Å². The van der Waals surface area contributed by atoms with Crippen molar-refractivity contribution in [3.8, 4) is 22.3 Å². The van der Waals surface area contributed by atoms with Gasteiger partial charge in [-0.25, -0.2) is 0 Å². The number of benzene rings is 6. The molecule has 6 aliphatic rings. The molecule has 4 fully saturated rings. The minimum absolute atomic E-state index is 0.285. The zero-order valence-electron chi connectivity index (χ0n) is 26.8. The standard InChI is InChI=1S/C46H35NS/c1-2-7-32(8-3-1)47(34-18-19-36-35-9-4-5-12-42(35)48-43(36)26-34)33-16-13-28(14-17-33)29-15-20-40-39(25-29)37-10-6-11-38-44-30-21-27-22-31(24-30)46(40,45(37)38)41(44)23-27/h1-20,25-27,30-31,41,44H,21-24H2. The van der Waals surface area contributed by atoms with Gasteiger partial charge >= 0.3 is 0 Å². The maximum Gasteiger partial charge on any atom is 0.0476 e. The van der Waals surface area contributed by atoms with E-state index >= 15 is 0 Å². The summed E-state index contributed by atoms with van der Waals surface area (Å²) in [7, 11) is 0. The summed E-state index contributed by atoms with van der Waals surface area (Å²) in [6.45, 7) is 0. The number of nitrogens with zero attached hydrogens (tertiary/aromatic N) is 1. The van der Waals surface area contributed by atoms with E-state index in [-0.39, 0.29) is 5.41 Å². The van der Waals surface area contributed by atoms with Gasteiger partial charge in [-0.05, 0) is 143 Å². The molecule has 13 rings (SSSR count). The molecule has 1 nitrogen and oxygen atoms in total. The van der Waals surface area contributed by atoms with Crippen LogP contribution in [0.4, 0.5) is 17.1 Å². The van der Waals surface area contributed by atoms with E-state index in [4.69, 9.17) is 0 Å². The summed E-state index contributed by atoms with van der Waals surface area (Å²) >= 11 is 1.88. The van der Waals surface area contributed by atoms with Gasteiger partial charge in [0.2, 0.25) is 0 Å². The highest BCUT2D eigenvalue weighted by atomic mass is 32.1. The van der Waals surface area contributed by atoms with Crippen molar-refractivity contribution < 1.29 is 0 Å². The van der Waals surface area contributed by atoms with E-state index in [2.05, 4.69) is 138 Å². The fourth-order valence-electron chi connectivity index (χ4n) is 11.9. The Morgan fingerprint density at radius 1 is 0.562 bits per heavy atom. The third-order valence-corrected chi connectivity index (χ3v) is 14.5. The summed E-state index contributed by atoms with van der Waals surface area (Å²) in [5, 5.41) is 2.67.